The van der Waals surface area contributed by atoms with E-state index in [0.29, 0.717) is 25.3 Å². The zero-order valence-corrected chi connectivity index (χ0v) is 13.4. The third-order valence-corrected chi connectivity index (χ3v) is 3.37. The smallest absolute Gasteiger partial charge is 0.319 e. The molecule has 0 unspecified atom stereocenters. The summed E-state index contributed by atoms with van der Waals surface area (Å²) in [5.74, 6) is 1.03. The molecule has 0 atom stereocenters. The van der Waals surface area contributed by atoms with Crippen LogP contribution in [0.5, 0.6) is 11.5 Å². The fraction of sp³-hybridized carbons (Fsp3) is 0.278. The van der Waals surface area contributed by atoms with Gasteiger partial charge in [0.05, 0.1) is 6.61 Å². The SMILES string of the molecule is Cc1cccc(C)c1OCCCNC(=O)Nc1cccc(O)c1. The van der Waals surface area contributed by atoms with E-state index in [4.69, 9.17) is 4.74 Å². The van der Waals surface area contributed by atoms with Crippen LogP contribution in [-0.4, -0.2) is 24.3 Å². The van der Waals surface area contributed by atoms with Crippen LogP contribution in [0.3, 0.4) is 0 Å². The predicted octanol–water partition coefficient (Wildman–Crippen LogP) is 3.60. The summed E-state index contributed by atoms with van der Waals surface area (Å²) in [6.07, 6.45) is 0.710. The second-order valence-electron chi connectivity index (χ2n) is 5.35. The largest absolute Gasteiger partial charge is 0.508 e. The summed E-state index contributed by atoms with van der Waals surface area (Å²) >= 11 is 0. The van der Waals surface area contributed by atoms with Crippen LogP contribution in [0, 0.1) is 13.8 Å². The van der Waals surface area contributed by atoms with Crippen LogP contribution >= 0.6 is 0 Å². The molecular formula is C18H22N2O3. The maximum absolute atomic E-state index is 11.7. The van der Waals surface area contributed by atoms with Crippen molar-refractivity contribution in [2.45, 2.75) is 20.3 Å². The van der Waals surface area contributed by atoms with Crippen LogP contribution in [0.2, 0.25) is 0 Å². The fourth-order valence-electron chi connectivity index (χ4n) is 2.23. The zero-order valence-electron chi connectivity index (χ0n) is 13.4. The van der Waals surface area contributed by atoms with E-state index in [1.54, 1.807) is 18.2 Å². The summed E-state index contributed by atoms with van der Waals surface area (Å²) in [7, 11) is 0. The van der Waals surface area contributed by atoms with E-state index in [1.165, 1.54) is 6.07 Å². The van der Waals surface area contributed by atoms with Gasteiger partial charge in [-0.2, -0.15) is 0 Å². The Hall–Kier alpha value is -2.69. The topological polar surface area (TPSA) is 70.6 Å². The number of anilines is 1. The second-order valence-corrected chi connectivity index (χ2v) is 5.35. The van der Waals surface area contributed by atoms with Crippen molar-refractivity contribution in [3.8, 4) is 11.5 Å². The molecule has 5 heteroatoms. The lowest BCUT2D eigenvalue weighted by molar-refractivity contribution is 0.250. The van der Waals surface area contributed by atoms with Crippen molar-refractivity contribution >= 4 is 11.7 Å². The number of phenolic OH excluding ortho intramolecular Hbond substituents is 1. The summed E-state index contributed by atoms with van der Waals surface area (Å²) in [4.78, 5) is 11.7. The van der Waals surface area contributed by atoms with E-state index < -0.39 is 0 Å². The van der Waals surface area contributed by atoms with Gasteiger partial charge in [0.15, 0.2) is 0 Å². The third-order valence-electron chi connectivity index (χ3n) is 3.37. The first-order chi connectivity index (χ1) is 11.1. The number of urea groups is 1. The number of aryl methyl sites for hydroxylation is 2. The van der Waals surface area contributed by atoms with Crippen LogP contribution in [0.15, 0.2) is 42.5 Å². The molecule has 0 bridgehead atoms. The number of amides is 2. The first-order valence-electron chi connectivity index (χ1n) is 7.59. The van der Waals surface area contributed by atoms with Crippen LogP contribution in [0.1, 0.15) is 17.5 Å². The average Bonchev–Trinajstić information content (AvgIpc) is 2.49. The predicted molar refractivity (Wildman–Crippen MR) is 91.2 cm³/mol. The maximum atomic E-state index is 11.7. The van der Waals surface area contributed by atoms with Gasteiger partial charge in [-0.05, 0) is 43.5 Å². The molecule has 5 nitrogen and oxygen atoms in total. The normalized spacial score (nSPS) is 10.2. The number of para-hydroxylation sites is 1. The highest BCUT2D eigenvalue weighted by Gasteiger charge is 2.04. The highest BCUT2D eigenvalue weighted by molar-refractivity contribution is 5.89. The van der Waals surface area contributed by atoms with Crippen molar-refractivity contribution in [3.05, 3.63) is 53.6 Å². The first kappa shape index (κ1) is 16.7. The van der Waals surface area contributed by atoms with Crippen molar-refractivity contribution in [2.24, 2.45) is 0 Å². The number of benzene rings is 2. The van der Waals surface area contributed by atoms with E-state index in [1.807, 2.05) is 32.0 Å². The standard InChI is InChI=1S/C18H22N2O3/c1-13-6-3-7-14(2)17(13)23-11-5-10-19-18(22)20-15-8-4-9-16(21)12-15/h3-4,6-9,12,21H,5,10-11H2,1-2H3,(H2,19,20,22). The van der Waals surface area contributed by atoms with Crippen LogP contribution < -0.4 is 15.4 Å². The van der Waals surface area contributed by atoms with Crippen LogP contribution in [0.25, 0.3) is 0 Å². The molecule has 0 spiro atoms. The number of carbonyl (C=O) groups is 1. The summed E-state index contributed by atoms with van der Waals surface area (Å²) in [6, 6.07) is 12.2. The molecule has 0 aliphatic heterocycles. The van der Waals surface area contributed by atoms with Crippen molar-refractivity contribution in [1.82, 2.24) is 5.32 Å². The summed E-state index contributed by atoms with van der Waals surface area (Å²) in [5.41, 5.74) is 2.77. The number of carbonyl (C=O) groups excluding carboxylic acids is 1. The highest BCUT2D eigenvalue weighted by atomic mass is 16.5. The van der Waals surface area contributed by atoms with Crippen LogP contribution in [-0.2, 0) is 0 Å². The Morgan fingerprint density at radius 1 is 1.13 bits per heavy atom. The number of hydrogen-bond donors (Lipinski definition) is 3. The Balaban J connectivity index is 1.68. The Kier molecular flexibility index (Phi) is 5.86. The van der Waals surface area contributed by atoms with Gasteiger partial charge in [0, 0.05) is 18.3 Å². The number of nitrogens with one attached hydrogen (secondary N) is 2. The minimum Gasteiger partial charge on any atom is -0.508 e. The van der Waals surface area contributed by atoms with Crippen LogP contribution in [0.4, 0.5) is 10.5 Å². The van der Waals surface area contributed by atoms with Gasteiger partial charge in [0.2, 0.25) is 0 Å². The van der Waals surface area contributed by atoms with Gasteiger partial charge in [-0.15, -0.1) is 0 Å². The van der Waals surface area contributed by atoms with Crippen molar-refractivity contribution < 1.29 is 14.6 Å². The third kappa shape index (κ3) is 5.21. The quantitative estimate of drug-likeness (QED) is 0.713. The molecule has 2 rings (SSSR count). The molecular weight excluding hydrogens is 292 g/mol. The molecule has 0 aromatic heterocycles. The number of hydrogen-bond acceptors (Lipinski definition) is 3. The van der Waals surface area contributed by atoms with Crippen molar-refractivity contribution in [3.63, 3.8) is 0 Å². The average molecular weight is 314 g/mol. The molecule has 2 aromatic carbocycles. The highest BCUT2D eigenvalue weighted by Crippen LogP contribution is 2.22. The molecule has 3 N–H and O–H groups in total. The lowest BCUT2D eigenvalue weighted by Crippen LogP contribution is -2.30. The van der Waals surface area contributed by atoms with E-state index in [2.05, 4.69) is 10.6 Å². The fourth-order valence-corrected chi connectivity index (χ4v) is 2.23. The van der Waals surface area contributed by atoms with Gasteiger partial charge in [-0.25, -0.2) is 4.79 Å². The number of phenols is 1. The zero-order chi connectivity index (χ0) is 16.7. The maximum Gasteiger partial charge on any atom is 0.319 e. The molecule has 0 saturated heterocycles. The lowest BCUT2D eigenvalue weighted by atomic mass is 10.1. The monoisotopic (exact) mass is 314 g/mol. The minimum absolute atomic E-state index is 0.116. The van der Waals surface area contributed by atoms with E-state index in [9.17, 15) is 9.90 Å². The molecule has 0 fully saturated rings. The summed E-state index contributed by atoms with van der Waals surface area (Å²) in [6.45, 7) is 5.08. The van der Waals surface area contributed by atoms with Gasteiger partial charge < -0.3 is 20.5 Å². The lowest BCUT2D eigenvalue weighted by Gasteiger charge is -2.12. The number of ether oxygens (including phenoxy) is 1. The van der Waals surface area contributed by atoms with Gasteiger partial charge in [-0.1, -0.05) is 24.3 Å². The number of rotatable bonds is 6. The summed E-state index contributed by atoms with van der Waals surface area (Å²) in [5, 5.41) is 14.7. The number of aromatic hydroxyl groups is 1. The summed E-state index contributed by atoms with van der Waals surface area (Å²) < 4.78 is 5.78. The Morgan fingerprint density at radius 2 is 1.83 bits per heavy atom. The van der Waals surface area contributed by atoms with Crippen molar-refractivity contribution in [2.75, 3.05) is 18.5 Å². The molecule has 2 aromatic rings. The Morgan fingerprint density at radius 3 is 2.52 bits per heavy atom. The van der Waals surface area contributed by atoms with Gasteiger partial charge >= 0.3 is 6.03 Å². The molecule has 0 heterocycles. The molecule has 0 saturated carbocycles. The molecule has 0 radical (unpaired) electrons. The first-order valence-corrected chi connectivity index (χ1v) is 7.59. The molecule has 122 valence electrons. The second kappa shape index (κ2) is 8.08. The molecule has 0 aliphatic carbocycles. The van der Waals surface area contributed by atoms with Gasteiger partial charge in [-0.3, -0.25) is 0 Å². The minimum atomic E-state index is -0.303. The van der Waals surface area contributed by atoms with E-state index in [-0.39, 0.29) is 11.8 Å². The van der Waals surface area contributed by atoms with E-state index in [0.717, 1.165) is 16.9 Å². The molecule has 2 amide bonds. The van der Waals surface area contributed by atoms with E-state index >= 15 is 0 Å². The van der Waals surface area contributed by atoms with Crippen molar-refractivity contribution in [1.29, 1.82) is 0 Å². The molecule has 23 heavy (non-hydrogen) atoms. The van der Waals surface area contributed by atoms with Gasteiger partial charge in [0.1, 0.15) is 11.5 Å². The van der Waals surface area contributed by atoms with Gasteiger partial charge in [0.25, 0.3) is 0 Å². The Labute approximate surface area is 136 Å². The molecule has 0 aliphatic rings. The Bertz CT molecular complexity index is 651.